The molecule has 1 aromatic carbocycles. The molecule has 1 fully saturated rings. The number of anilines is 2. The summed E-state index contributed by atoms with van der Waals surface area (Å²) in [4.78, 5) is 23.3. The van der Waals surface area contributed by atoms with Crippen molar-refractivity contribution in [2.24, 2.45) is 0 Å². The maximum atomic E-state index is 13.0. The molecule has 2 aromatic rings. The van der Waals surface area contributed by atoms with Gasteiger partial charge in [-0.3, -0.25) is 9.69 Å². The van der Waals surface area contributed by atoms with Crippen molar-refractivity contribution < 1.29 is 13.9 Å². The van der Waals surface area contributed by atoms with E-state index in [9.17, 15) is 9.18 Å². The third kappa shape index (κ3) is 5.21. The number of nitrogens with one attached hydrogen (secondary N) is 2. The number of amides is 1. The van der Waals surface area contributed by atoms with Crippen LogP contribution in [-0.4, -0.2) is 60.2 Å². The summed E-state index contributed by atoms with van der Waals surface area (Å²) < 4.78 is 18.3. The highest BCUT2D eigenvalue weighted by Gasteiger charge is 2.12. The van der Waals surface area contributed by atoms with Gasteiger partial charge in [-0.1, -0.05) is 0 Å². The normalized spacial score (nSPS) is 14.8. The SMILES string of the molecule is Cc1cc(C(=O)Nc2ccc(F)cc2)nc(NCCN2CCOCC2)n1. The maximum absolute atomic E-state index is 13.0. The fourth-order valence-corrected chi connectivity index (χ4v) is 2.64. The van der Waals surface area contributed by atoms with Crippen LogP contribution in [0.3, 0.4) is 0 Å². The highest BCUT2D eigenvalue weighted by atomic mass is 19.1. The lowest BCUT2D eigenvalue weighted by Gasteiger charge is -2.26. The summed E-state index contributed by atoms with van der Waals surface area (Å²) in [5.74, 6) is -0.298. The van der Waals surface area contributed by atoms with Crippen molar-refractivity contribution in [2.45, 2.75) is 6.92 Å². The maximum Gasteiger partial charge on any atom is 0.274 e. The number of hydrogen-bond acceptors (Lipinski definition) is 6. The van der Waals surface area contributed by atoms with Crippen LogP contribution in [0, 0.1) is 12.7 Å². The van der Waals surface area contributed by atoms with Crippen LogP contribution in [0.1, 0.15) is 16.2 Å². The summed E-state index contributed by atoms with van der Waals surface area (Å²) in [7, 11) is 0. The van der Waals surface area contributed by atoms with Gasteiger partial charge in [-0.25, -0.2) is 14.4 Å². The summed E-state index contributed by atoms with van der Waals surface area (Å²) in [5.41, 5.74) is 1.46. The van der Waals surface area contributed by atoms with Crippen molar-refractivity contribution >= 4 is 17.5 Å². The minimum absolute atomic E-state index is 0.260. The number of aromatic nitrogens is 2. The lowest BCUT2D eigenvalue weighted by Crippen LogP contribution is -2.39. The van der Waals surface area contributed by atoms with E-state index in [1.165, 1.54) is 24.3 Å². The van der Waals surface area contributed by atoms with Gasteiger partial charge in [-0.05, 0) is 37.3 Å². The average Bonchev–Trinajstić information content (AvgIpc) is 2.64. The lowest BCUT2D eigenvalue weighted by molar-refractivity contribution is 0.0398. The molecule has 3 rings (SSSR count). The number of carbonyl (C=O) groups is 1. The number of benzene rings is 1. The van der Waals surface area contributed by atoms with Gasteiger partial charge in [-0.2, -0.15) is 0 Å². The molecule has 1 aliphatic heterocycles. The van der Waals surface area contributed by atoms with E-state index < -0.39 is 0 Å². The minimum atomic E-state index is -0.363. The first kappa shape index (κ1) is 18.2. The zero-order valence-electron chi connectivity index (χ0n) is 14.7. The molecule has 2 N–H and O–H groups in total. The number of rotatable bonds is 6. The standard InChI is InChI=1S/C18H22FN5O2/c1-13-12-16(17(25)22-15-4-2-14(19)3-5-15)23-18(21-13)20-6-7-24-8-10-26-11-9-24/h2-5,12H,6-11H2,1H3,(H,22,25)(H,20,21,23). The van der Waals surface area contributed by atoms with Gasteiger partial charge < -0.3 is 15.4 Å². The topological polar surface area (TPSA) is 79.4 Å². The zero-order chi connectivity index (χ0) is 18.4. The van der Waals surface area contributed by atoms with Gasteiger partial charge in [0.25, 0.3) is 5.91 Å². The quantitative estimate of drug-likeness (QED) is 0.820. The van der Waals surface area contributed by atoms with Gasteiger partial charge in [0.15, 0.2) is 0 Å². The Morgan fingerprint density at radius 2 is 1.96 bits per heavy atom. The second-order valence-corrected chi connectivity index (χ2v) is 6.06. The van der Waals surface area contributed by atoms with E-state index in [0.717, 1.165) is 32.8 Å². The summed E-state index contributed by atoms with van der Waals surface area (Å²) in [6, 6.07) is 7.20. The van der Waals surface area contributed by atoms with E-state index >= 15 is 0 Å². The Kier molecular flexibility index (Phi) is 6.08. The third-order valence-electron chi connectivity index (χ3n) is 4.00. The molecule has 0 atom stereocenters. The fraction of sp³-hybridized carbons (Fsp3) is 0.389. The van der Waals surface area contributed by atoms with Crippen LogP contribution in [-0.2, 0) is 4.74 Å². The lowest BCUT2D eigenvalue weighted by atomic mass is 10.3. The largest absolute Gasteiger partial charge is 0.379 e. The van der Waals surface area contributed by atoms with Gasteiger partial charge in [0.1, 0.15) is 11.5 Å². The summed E-state index contributed by atoms with van der Waals surface area (Å²) in [6.07, 6.45) is 0. The molecule has 0 aliphatic carbocycles. The molecule has 2 heterocycles. The Morgan fingerprint density at radius 3 is 2.69 bits per heavy atom. The Hall–Kier alpha value is -2.58. The van der Waals surface area contributed by atoms with Crippen molar-refractivity contribution in [3.05, 3.63) is 47.5 Å². The number of ether oxygens (including phenoxy) is 1. The van der Waals surface area contributed by atoms with Crippen LogP contribution in [0.5, 0.6) is 0 Å². The van der Waals surface area contributed by atoms with Gasteiger partial charge in [0, 0.05) is 37.6 Å². The van der Waals surface area contributed by atoms with E-state index in [1.807, 2.05) is 6.92 Å². The van der Waals surface area contributed by atoms with Gasteiger partial charge >= 0.3 is 0 Å². The van der Waals surface area contributed by atoms with Crippen molar-refractivity contribution in [2.75, 3.05) is 50.0 Å². The Morgan fingerprint density at radius 1 is 1.23 bits per heavy atom. The zero-order valence-corrected chi connectivity index (χ0v) is 14.7. The minimum Gasteiger partial charge on any atom is -0.379 e. The van der Waals surface area contributed by atoms with E-state index in [0.29, 0.717) is 23.9 Å². The number of halogens is 1. The van der Waals surface area contributed by atoms with E-state index in [4.69, 9.17) is 4.74 Å². The number of carbonyl (C=O) groups excluding carboxylic acids is 1. The molecule has 0 spiro atoms. The van der Waals surface area contributed by atoms with Crippen LogP contribution in [0.25, 0.3) is 0 Å². The molecule has 0 bridgehead atoms. The second-order valence-electron chi connectivity index (χ2n) is 6.06. The molecule has 138 valence electrons. The molecular formula is C18H22FN5O2. The van der Waals surface area contributed by atoms with E-state index in [-0.39, 0.29) is 17.4 Å². The van der Waals surface area contributed by atoms with Crippen LogP contribution >= 0.6 is 0 Å². The number of nitrogens with zero attached hydrogens (tertiary/aromatic N) is 3. The molecular weight excluding hydrogens is 337 g/mol. The van der Waals surface area contributed by atoms with E-state index in [1.54, 1.807) is 6.07 Å². The molecule has 7 nitrogen and oxygen atoms in total. The molecule has 8 heteroatoms. The molecule has 1 saturated heterocycles. The van der Waals surface area contributed by atoms with E-state index in [2.05, 4.69) is 25.5 Å². The Labute approximate surface area is 151 Å². The molecule has 1 aromatic heterocycles. The Bertz CT molecular complexity index is 748. The van der Waals surface area contributed by atoms with Gasteiger partial charge in [0.2, 0.25) is 5.95 Å². The number of aryl methyl sites for hydroxylation is 1. The predicted molar refractivity (Wildman–Crippen MR) is 96.9 cm³/mol. The fourth-order valence-electron chi connectivity index (χ4n) is 2.64. The van der Waals surface area contributed by atoms with Crippen molar-refractivity contribution in [3.63, 3.8) is 0 Å². The van der Waals surface area contributed by atoms with Crippen molar-refractivity contribution in [1.82, 2.24) is 14.9 Å². The molecule has 1 amide bonds. The van der Waals surface area contributed by atoms with Crippen LogP contribution < -0.4 is 10.6 Å². The van der Waals surface area contributed by atoms with Crippen molar-refractivity contribution in [3.8, 4) is 0 Å². The highest BCUT2D eigenvalue weighted by Crippen LogP contribution is 2.11. The predicted octanol–water partition coefficient (Wildman–Crippen LogP) is 1.92. The number of hydrogen-bond donors (Lipinski definition) is 2. The first-order valence-corrected chi connectivity index (χ1v) is 8.57. The molecule has 0 saturated carbocycles. The van der Waals surface area contributed by atoms with Gasteiger partial charge in [0.05, 0.1) is 13.2 Å². The second kappa shape index (κ2) is 8.68. The van der Waals surface area contributed by atoms with Crippen LogP contribution in [0.4, 0.5) is 16.0 Å². The summed E-state index contributed by atoms with van der Waals surface area (Å²) >= 11 is 0. The van der Waals surface area contributed by atoms with Crippen molar-refractivity contribution in [1.29, 1.82) is 0 Å². The van der Waals surface area contributed by atoms with Crippen LogP contribution in [0.2, 0.25) is 0 Å². The molecule has 26 heavy (non-hydrogen) atoms. The van der Waals surface area contributed by atoms with Crippen LogP contribution in [0.15, 0.2) is 30.3 Å². The average molecular weight is 359 g/mol. The van der Waals surface area contributed by atoms with Gasteiger partial charge in [-0.15, -0.1) is 0 Å². The third-order valence-corrected chi connectivity index (χ3v) is 4.00. The molecule has 1 aliphatic rings. The first-order valence-electron chi connectivity index (χ1n) is 8.57. The smallest absolute Gasteiger partial charge is 0.274 e. The Balaban J connectivity index is 1.59. The summed E-state index contributed by atoms with van der Waals surface area (Å²) in [5, 5.41) is 5.87. The highest BCUT2D eigenvalue weighted by molar-refractivity contribution is 6.03. The summed E-state index contributed by atoms with van der Waals surface area (Å²) in [6.45, 7) is 6.70. The molecule has 0 unspecified atom stereocenters. The first-order chi connectivity index (χ1) is 12.6. The molecule has 0 radical (unpaired) electrons. The monoisotopic (exact) mass is 359 g/mol. The number of morpholine rings is 1.